The number of para-hydroxylation sites is 2. The van der Waals surface area contributed by atoms with Gasteiger partial charge in [-0.15, -0.1) is 24.8 Å². The number of benzene rings is 2. The third-order valence-electron chi connectivity index (χ3n) is 4.72. The van der Waals surface area contributed by atoms with Gasteiger partial charge in [-0.1, -0.05) is 42.5 Å². The van der Waals surface area contributed by atoms with E-state index in [1.54, 1.807) is 0 Å². The lowest BCUT2D eigenvalue weighted by atomic mass is 10.1. The molecule has 0 spiro atoms. The highest BCUT2D eigenvalue weighted by atomic mass is 35.5. The van der Waals surface area contributed by atoms with Crippen molar-refractivity contribution in [2.45, 2.75) is 12.1 Å². The molecule has 2 N–H and O–H groups in total. The molecule has 0 bridgehead atoms. The zero-order valence-corrected chi connectivity index (χ0v) is 17.1. The number of carbonyl (C=O) groups is 1. The zero-order valence-electron chi connectivity index (χ0n) is 15.5. The van der Waals surface area contributed by atoms with E-state index in [0.29, 0.717) is 13.2 Å². The molecule has 2 unspecified atom stereocenters. The minimum Gasteiger partial charge on any atom is -0.366 e. The first-order valence-electron chi connectivity index (χ1n) is 8.83. The molecule has 2 atom stereocenters. The van der Waals surface area contributed by atoms with Gasteiger partial charge in [-0.25, -0.2) is 4.98 Å². The van der Waals surface area contributed by atoms with Gasteiger partial charge in [-0.3, -0.25) is 4.79 Å². The molecule has 1 aliphatic rings. The number of morpholine rings is 1. The molecule has 1 fully saturated rings. The minimum atomic E-state index is -0.482. The fourth-order valence-corrected chi connectivity index (χ4v) is 3.33. The number of hydrogen-bond donors (Lipinski definition) is 2. The summed E-state index contributed by atoms with van der Waals surface area (Å²) in [4.78, 5) is 17.5. The van der Waals surface area contributed by atoms with Crippen LogP contribution in [-0.4, -0.2) is 41.3 Å². The average Bonchev–Trinajstić information content (AvgIpc) is 3.04. The van der Waals surface area contributed by atoms with E-state index in [1.807, 2.05) is 66.2 Å². The monoisotopic (exact) mass is 422 g/mol. The predicted octanol–water partition coefficient (Wildman–Crippen LogP) is 2.61. The smallest absolute Gasteiger partial charge is 0.251 e. The second kappa shape index (κ2) is 9.89. The number of nitrogens with zero attached hydrogens (tertiary/aromatic N) is 2. The third kappa shape index (κ3) is 4.47. The maximum atomic E-state index is 12.8. The van der Waals surface area contributed by atoms with Crippen molar-refractivity contribution in [3.63, 3.8) is 0 Å². The fourth-order valence-electron chi connectivity index (χ4n) is 3.33. The lowest BCUT2D eigenvalue weighted by molar-refractivity contribution is -0.134. The molecule has 1 aliphatic heterocycles. The van der Waals surface area contributed by atoms with E-state index >= 15 is 0 Å². The molecule has 8 heteroatoms. The highest BCUT2D eigenvalue weighted by Crippen LogP contribution is 2.25. The Hall–Kier alpha value is -2.12. The van der Waals surface area contributed by atoms with Crippen LogP contribution >= 0.6 is 24.8 Å². The molecule has 3 aromatic rings. The second-order valence-electron chi connectivity index (χ2n) is 6.43. The number of rotatable bonds is 4. The van der Waals surface area contributed by atoms with Crippen molar-refractivity contribution in [2.24, 2.45) is 7.05 Å². The zero-order chi connectivity index (χ0) is 17.9. The van der Waals surface area contributed by atoms with E-state index in [9.17, 15) is 4.79 Å². The Morgan fingerprint density at radius 3 is 2.57 bits per heavy atom. The van der Waals surface area contributed by atoms with Crippen molar-refractivity contribution in [1.82, 2.24) is 20.2 Å². The summed E-state index contributed by atoms with van der Waals surface area (Å²) in [5, 5.41) is 6.33. The van der Waals surface area contributed by atoms with Gasteiger partial charge in [-0.05, 0) is 17.7 Å². The minimum absolute atomic E-state index is 0. The van der Waals surface area contributed by atoms with Crippen LogP contribution < -0.4 is 10.6 Å². The number of carbonyl (C=O) groups excluding carboxylic acids is 1. The number of imidazole rings is 1. The summed E-state index contributed by atoms with van der Waals surface area (Å²) in [7, 11) is 1.98. The largest absolute Gasteiger partial charge is 0.366 e. The number of fused-ring (bicyclic) bond motifs is 1. The van der Waals surface area contributed by atoms with Crippen LogP contribution in [0, 0.1) is 0 Å². The van der Waals surface area contributed by atoms with Gasteiger partial charge >= 0.3 is 0 Å². The molecule has 1 amide bonds. The van der Waals surface area contributed by atoms with Crippen LogP contribution in [-0.2, 0) is 16.6 Å². The van der Waals surface area contributed by atoms with E-state index in [-0.39, 0.29) is 36.8 Å². The Morgan fingerprint density at radius 1 is 1.18 bits per heavy atom. The van der Waals surface area contributed by atoms with Crippen molar-refractivity contribution in [3.8, 4) is 0 Å². The summed E-state index contributed by atoms with van der Waals surface area (Å²) in [5.74, 6) is 0.674. The number of ether oxygens (including phenoxy) is 1. The van der Waals surface area contributed by atoms with E-state index in [0.717, 1.165) is 29.0 Å². The quantitative estimate of drug-likeness (QED) is 0.677. The SMILES string of the molecule is Cl.Cl.Cn1c(C(NC(=O)C2CNCCO2)c2ccccc2)nc2ccccc21. The highest BCUT2D eigenvalue weighted by Gasteiger charge is 2.28. The number of aryl methyl sites for hydroxylation is 1. The van der Waals surface area contributed by atoms with Gasteiger partial charge in [0.2, 0.25) is 0 Å². The molecule has 0 saturated carbocycles. The van der Waals surface area contributed by atoms with Crippen LogP contribution in [0.2, 0.25) is 0 Å². The van der Waals surface area contributed by atoms with Crippen molar-refractivity contribution in [2.75, 3.05) is 19.7 Å². The van der Waals surface area contributed by atoms with Crippen LogP contribution in [0.1, 0.15) is 17.4 Å². The molecule has 2 aromatic carbocycles. The lowest BCUT2D eigenvalue weighted by Gasteiger charge is -2.26. The first-order chi connectivity index (χ1) is 12.7. The maximum absolute atomic E-state index is 12.8. The number of nitrogens with one attached hydrogen (secondary N) is 2. The summed E-state index contributed by atoms with van der Waals surface area (Å²) in [5.41, 5.74) is 2.94. The standard InChI is InChI=1S/C20H22N4O2.2ClH/c1-24-16-10-6-5-9-15(16)22-19(24)18(14-7-3-2-4-8-14)23-20(25)17-13-21-11-12-26-17;;/h2-10,17-18,21H,11-13H2,1H3,(H,23,25);2*1H. The van der Waals surface area contributed by atoms with E-state index in [2.05, 4.69) is 10.6 Å². The van der Waals surface area contributed by atoms with Gasteiger partial charge in [-0.2, -0.15) is 0 Å². The molecular formula is C20H24Cl2N4O2. The van der Waals surface area contributed by atoms with E-state index in [1.165, 1.54) is 0 Å². The third-order valence-corrected chi connectivity index (χ3v) is 4.72. The summed E-state index contributed by atoms with van der Waals surface area (Å²) < 4.78 is 7.63. The van der Waals surface area contributed by atoms with E-state index in [4.69, 9.17) is 9.72 Å². The number of halogens is 2. The summed E-state index contributed by atoms with van der Waals surface area (Å²) in [6.45, 7) is 1.84. The van der Waals surface area contributed by atoms with E-state index < -0.39 is 6.10 Å². The lowest BCUT2D eigenvalue weighted by Crippen LogP contribution is -2.49. The van der Waals surface area contributed by atoms with Gasteiger partial charge in [0.1, 0.15) is 18.0 Å². The van der Waals surface area contributed by atoms with Gasteiger partial charge in [0.25, 0.3) is 5.91 Å². The number of aromatic nitrogens is 2. The number of hydrogen-bond acceptors (Lipinski definition) is 4. The van der Waals surface area contributed by atoms with Crippen molar-refractivity contribution >= 4 is 41.8 Å². The molecule has 0 aliphatic carbocycles. The Kier molecular flexibility index (Phi) is 7.83. The Bertz CT molecular complexity index is 911. The molecule has 6 nitrogen and oxygen atoms in total. The maximum Gasteiger partial charge on any atom is 0.251 e. The molecular weight excluding hydrogens is 399 g/mol. The van der Waals surface area contributed by atoms with Gasteiger partial charge in [0.05, 0.1) is 17.6 Å². The fraction of sp³-hybridized carbons (Fsp3) is 0.300. The summed E-state index contributed by atoms with van der Waals surface area (Å²) >= 11 is 0. The molecule has 2 heterocycles. The Balaban J connectivity index is 0.00000140. The molecule has 1 saturated heterocycles. The molecule has 1 aromatic heterocycles. The summed E-state index contributed by atoms with van der Waals surface area (Å²) in [6, 6.07) is 17.5. The van der Waals surface area contributed by atoms with Crippen LogP contribution in [0.25, 0.3) is 11.0 Å². The van der Waals surface area contributed by atoms with Crippen LogP contribution in [0.4, 0.5) is 0 Å². The molecule has 150 valence electrons. The second-order valence-corrected chi connectivity index (χ2v) is 6.43. The van der Waals surface area contributed by atoms with Crippen LogP contribution in [0.3, 0.4) is 0 Å². The van der Waals surface area contributed by atoms with Gasteiger partial charge < -0.3 is 19.9 Å². The van der Waals surface area contributed by atoms with Crippen molar-refractivity contribution < 1.29 is 9.53 Å². The average molecular weight is 423 g/mol. The molecule has 0 radical (unpaired) electrons. The molecule has 4 rings (SSSR count). The predicted molar refractivity (Wildman–Crippen MR) is 114 cm³/mol. The van der Waals surface area contributed by atoms with Crippen molar-refractivity contribution in [3.05, 3.63) is 66.0 Å². The first kappa shape index (κ1) is 22.2. The van der Waals surface area contributed by atoms with Crippen molar-refractivity contribution in [1.29, 1.82) is 0 Å². The molecule has 28 heavy (non-hydrogen) atoms. The van der Waals surface area contributed by atoms with Gasteiger partial charge in [0, 0.05) is 20.1 Å². The van der Waals surface area contributed by atoms with Gasteiger partial charge in [0.15, 0.2) is 0 Å². The Morgan fingerprint density at radius 2 is 1.89 bits per heavy atom. The Labute approximate surface area is 176 Å². The summed E-state index contributed by atoms with van der Waals surface area (Å²) in [6.07, 6.45) is -0.482. The normalized spacial score (nSPS) is 17.2. The van der Waals surface area contributed by atoms with Crippen LogP contribution in [0.15, 0.2) is 54.6 Å². The number of amides is 1. The highest BCUT2D eigenvalue weighted by molar-refractivity contribution is 5.85. The first-order valence-corrected chi connectivity index (χ1v) is 8.83. The topological polar surface area (TPSA) is 68.2 Å². The van der Waals surface area contributed by atoms with Crippen LogP contribution in [0.5, 0.6) is 0 Å².